The largest absolute Gasteiger partial charge is 0.502 e. The summed E-state index contributed by atoms with van der Waals surface area (Å²) in [6, 6.07) is 10.7. The van der Waals surface area contributed by atoms with Gasteiger partial charge in [0.1, 0.15) is 23.4 Å². The van der Waals surface area contributed by atoms with E-state index < -0.39 is 18.2 Å². The summed E-state index contributed by atoms with van der Waals surface area (Å²) >= 11 is 0. The first kappa shape index (κ1) is 49.0. The Balaban J connectivity index is 1.85. The molecule has 0 unspecified atom stereocenters. The van der Waals surface area contributed by atoms with Gasteiger partial charge in [-0.1, -0.05) is 93.4 Å². The maximum Gasteiger partial charge on any atom is 0.338 e. The molecular weight excluding hydrogens is 777 g/mol. The van der Waals surface area contributed by atoms with Crippen LogP contribution in [0.5, 0.6) is 51.7 Å². The van der Waals surface area contributed by atoms with Crippen LogP contribution >= 0.6 is 0 Å². The van der Waals surface area contributed by atoms with Crippen molar-refractivity contribution in [1.82, 2.24) is 0 Å². The number of hydrogen-bond acceptors (Lipinski definition) is 11. The van der Waals surface area contributed by atoms with Gasteiger partial charge in [-0.15, -0.1) is 0 Å². The number of hydrogen-bond donors (Lipinski definition) is 1. The highest BCUT2D eigenvalue weighted by Crippen LogP contribution is 2.47. The van der Waals surface area contributed by atoms with Crippen LogP contribution in [0.1, 0.15) is 166 Å². The molecule has 340 valence electrons. The van der Waals surface area contributed by atoms with Crippen LogP contribution in [0.3, 0.4) is 0 Å². The topological polar surface area (TPSA) is 120 Å². The molecule has 11 heteroatoms. The van der Waals surface area contributed by atoms with E-state index in [9.17, 15) is 9.90 Å². The van der Waals surface area contributed by atoms with Crippen LogP contribution in [0.4, 0.5) is 0 Å². The highest BCUT2D eigenvalue weighted by Gasteiger charge is 2.38. The molecule has 2 atom stereocenters. The lowest BCUT2D eigenvalue weighted by atomic mass is 9.93. The van der Waals surface area contributed by atoms with Crippen molar-refractivity contribution in [3.05, 3.63) is 53.1 Å². The molecule has 11 nitrogen and oxygen atoms in total. The molecule has 4 rings (SSSR count). The van der Waals surface area contributed by atoms with E-state index in [0.717, 1.165) is 95.5 Å². The third-order valence-corrected chi connectivity index (χ3v) is 10.3. The number of phenols is 1. The summed E-state index contributed by atoms with van der Waals surface area (Å²) in [4.78, 5) is 14.6. The van der Waals surface area contributed by atoms with Gasteiger partial charge in [0.2, 0.25) is 11.5 Å². The van der Waals surface area contributed by atoms with Crippen LogP contribution in [0.2, 0.25) is 0 Å². The molecule has 0 bridgehead atoms. The van der Waals surface area contributed by atoms with E-state index in [4.69, 9.17) is 42.6 Å². The lowest BCUT2D eigenvalue weighted by Gasteiger charge is -2.35. The number of aromatic hydroxyl groups is 1. The van der Waals surface area contributed by atoms with Crippen molar-refractivity contribution < 1.29 is 52.5 Å². The summed E-state index contributed by atoms with van der Waals surface area (Å²) in [5, 5.41) is 11.4. The first-order valence-electron chi connectivity index (χ1n) is 23.3. The smallest absolute Gasteiger partial charge is 0.338 e. The van der Waals surface area contributed by atoms with Crippen molar-refractivity contribution in [2.45, 2.75) is 157 Å². The molecule has 61 heavy (non-hydrogen) atoms. The third kappa shape index (κ3) is 15.0. The highest BCUT2D eigenvalue weighted by molar-refractivity contribution is 5.91. The van der Waals surface area contributed by atoms with Crippen LogP contribution in [0, 0.1) is 0 Å². The second-order valence-electron chi connectivity index (χ2n) is 15.7. The monoisotopic (exact) mass is 851 g/mol. The van der Waals surface area contributed by atoms with Crippen LogP contribution in [-0.2, 0) is 11.2 Å². The number of rotatable bonds is 31. The first-order chi connectivity index (χ1) is 29.8. The Morgan fingerprint density at radius 1 is 0.541 bits per heavy atom. The molecule has 0 saturated carbocycles. The number of fused-ring (bicyclic) bond motifs is 1. The number of unbranched alkanes of at least 4 members (excludes halogenated alkanes) is 7. The summed E-state index contributed by atoms with van der Waals surface area (Å²) in [5.41, 5.74) is 1.66. The molecular formula is C50H74O11. The van der Waals surface area contributed by atoms with Crippen LogP contribution in [-0.4, -0.2) is 63.4 Å². The minimum atomic E-state index is -0.841. The van der Waals surface area contributed by atoms with Gasteiger partial charge in [-0.2, -0.15) is 0 Å². The molecule has 0 radical (unpaired) electrons. The fourth-order valence-corrected chi connectivity index (χ4v) is 6.55. The molecule has 0 aliphatic carbocycles. The molecule has 1 heterocycles. The molecule has 3 aromatic carbocycles. The molecule has 0 amide bonds. The average molecular weight is 851 g/mol. The second kappa shape index (κ2) is 27.3. The number of carbonyl (C=O) groups is 1. The predicted molar refractivity (Wildman–Crippen MR) is 240 cm³/mol. The van der Waals surface area contributed by atoms with E-state index in [1.165, 1.54) is 0 Å². The molecule has 0 spiro atoms. The Morgan fingerprint density at radius 3 is 1.44 bits per heavy atom. The normalized spacial score (nSPS) is 14.4. The zero-order valence-corrected chi connectivity index (χ0v) is 38.2. The van der Waals surface area contributed by atoms with Crippen LogP contribution < -0.4 is 37.9 Å². The predicted octanol–water partition coefficient (Wildman–Crippen LogP) is 12.5. The van der Waals surface area contributed by atoms with E-state index in [2.05, 4.69) is 48.5 Å². The zero-order valence-electron chi connectivity index (χ0n) is 38.2. The molecule has 0 aromatic heterocycles. The lowest BCUT2D eigenvalue weighted by Crippen LogP contribution is -2.35. The summed E-state index contributed by atoms with van der Waals surface area (Å²) < 4.78 is 57.2. The molecule has 1 N–H and O–H groups in total. The molecule has 0 saturated heterocycles. The van der Waals surface area contributed by atoms with Gasteiger partial charge in [-0.3, -0.25) is 0 Å². The standard InChI is InChI=1S/C50H74O11/c1-8-15-22-53-38-33-40(54-23-16-9-2)39-35-46(48(60-41(39)34-38)36-29-42(55-24-17-10-3)47(51)43(30-36)56-25-18-11-4)61-50(52)37-31-44(57-26-19-12-5)49(59-28-21-14-7)45(32-37)58-27-20-13-6/h29-34,46,48,51H,8-28,35H2,1-7H3/t46-,48-/m1/s1. The Hall–Kier alpha value is -4.67. The summed E-state index contributed by atoms with van der Waals surface area (Å²) in [5.74, 6) is 3.11. The Bertz CT molecular complexity index is 1680. The van der Waals surface area contributed by atoms with Crippen molar-refractivity contribution in [3.8, 4) is 51.7 Å². The van der Waals surface area contributed by atoms with Crippen molar-refractivity contribution in [3.63, 3.8) is 0 Å². The SMILES string of the molecule is CCCCOc1cc(OCCCC)c2c(c1)O[C@H](c1cc(OCCCC)c(O)c(OCCCC)c1)[C@H](OC(=O)c1cc(OCCCC)c(OCCCC)c(OCCCC)c1)C2. The van der Waals surface area contributed by atoms with E-state index in [-0.39, 0.29) is 29.2 Å². The summed E-state index contributed by atoms with van der Waals surface area (Å²) in [7, 11) is 0. The Labute approximate surface area is 365 Å². The third-order valence-electron chi connectivity index (χ3n) is 10.3. The number of phenolic OH excluding ortho intramolecular Hbond substituents is 1. The minimum Gasteiger partial charge on any atom is -0.502 e. The molecule has 1 aliphatic rings. The molecule has 3 aromatic rings. The van der Waals surface area contributed by atoms with Gasteiger partial charge in [-0.25, -0.2) is 4.79 Å². The first-order valence-corrected chi connectivity index (χ1v) is 23.3. The van der Waals surface area contributed by atoms with Gasteiger partial charge in [0, 0.05) is 29.7 Å². The van der Waals surface area contributed by atoms with Crippen LogP contribution in [0.15, 0.2) is 36.4 Å². The quantitative estimate of drug-likeness (QED) is 0.0492. The second-order valence-corrected chi connectivity index (χ2v) is 15.7. The maximum absolute atomic E-state index is 14.6. The Kier molecular flexibility index (Phi) is 21.9. The van der Waals surface area contributed by atoms with Gasteiger partial charge in [0.25, 0.3) is 0 Å². The van der Waals surface area contributed by atoms with Gasteiger partial charge in [-0.05, 0) is 69.2 Å². The number of ether oxygens (including phenoxy) is 9. The number of benzene rings is 3. The van der Waals surface area contributed by atoms with Crippen molar-refractivity contribution in [1.29, 1.82) is 0 Å². The molecule has 0 fully saturated rings. The van der Waals surface area contributed by atoms with Crippen molar-refractivity contribution >= 4 is 5.97 Å². The van der Waals surface area contributed by atoms with E-state index in [1.54, 1.807) is 24.3 Å². The van der Waals surface area contributed by atoms with E-state index in [0.29, 0.717) is 86.3 Å². The van der Waals surface area contributed by atoms with Crippen LogP contribution in [0.25, 0.3) is 0 Å². The fourth-order valence-electron chi connectivity index (χ4n) is 6.55. The van der Waals surface area contributed by atoms with Gasteiger partial charge in [0.15, 0.2) is 29.1 Å². The summed E-state index contributed by atoms with van der Waals surface area (Å²) in [6.07, 6.45) is 11.2. The fraction of sp³-hybridized carbons (Fsp3) is 0.620. The molecule has 1 aliphatic heterocycles. The zero-order chi connectivity index (χ0) is 43.8. The maximum atomic E-state index is 14.6. The Morgan fingerprint density at radius 2 is 0.967 bits per heavy atom. The lowest BCUT2D eigenvalue weighted by molar-refractivity contribution is -0.0191. The van der Waals surface area contributed by atoms with Crippen molar-refractivity contribution in [2.75, 3.05) is 46.2 Å². The highest BCUT2D eigenvalue weighted by atomic mass is 16.6. The van der Waals surface area contributed by atoms with Gasteiger partial charge < -0.3 is 47.7 Å². The van der Waals surface area contributed by atoms with E-state index >= 15 is 0 Å². The van der Waals surface area contributed by atoms with E-state index in [1.807, 2.05) is 12.1 Å². The number of carbonyl (C=O) groups excluding carboxylic acids is 1. The summed E-state index contributed by atoms with van der Waals surface area (Å²) in [6.45, 7) is 18.0. The van der Waals surface area contributed by atoms with Gasteiger partial charge in [0.05, 0.1) is 51.8 Å². The van der Waals surface area contributed by atoms with Gasteiger partial charge >= 0.3 is 5.97 Å². The minimum absolute atomic E-state index is 0.0774. The average Bonchev–Trinajstić information content (AvgIpc) is 3.25. The number of esters is 1. The van der Waals surface area contributed by atoms with Crippen molar-refractivity contribution in [2.24, 2.45) is 0 Å².